The number of urea groups is 1. The molecular formula is C20H27N3O6. The molecule has 0 aromatic rings. The van der Waals surface area contributed by atoms with Gasteiger partial charge in [-0.05, 0) is 32.6 Å². The topological polar surface area (TPSA) is 122 Å². The average molecular weight is 405 g/mol. The van der Waals surface area contributed by atoms with Crippen LogP contribution in [0.3, 0.4) is 0 Å². The normalized spacial score (nSPS) is 24.9. The van der Waals surface area contributed by atoms with Gasteiger partial charge in [0, 0.05) is 12.6 Å². The van der Waals surface area contributed by atoms with E-state index in [1.54, 1.807) is 0 Å². The molecule has 9 nitrogen and oxygen atoms in total. The molecule has 29 heavy (non-hydrogen) atoms. The molecule has 0 spiro atoms. The molecule has 0 aromatic heterocycles. The Bertz CT molecular complexity index is 702. The second-order valence-electron chi connectivity index (χ2n) is 7.81. The van der Waals surface area contributed by atoms with Gasteiger partial charge >= 0.3 is 12.0 Å². The summed E-state index contributed by atoms with van der Waals surface area (Å²) >= 11 is 0. The van der Waals surface area contributed by atoms with E-state index in [9.17, 15) is 24.0 Å². The fourth-order valence-electron chi connectivity index (χ4n) is 4.11. The monoisotopic (exact) mass is 405 g/mol. The minimum atomic E-state index is -1.16. The van der Waals surface area contributed by atoms with Crippen molar-refractivity contribution in [3.63, 3.8) is 0 Å². The van der Waals surface area contributed by atoms with Crippen molar-refractivity contribution in [2.75, 3.05) is 6.54 Å². The number of fused-ring (bicyclic) bond motifs is 1. The molecule has 158 valence electrons. The van der Waals surface area contributed by atoms with Gasteiger partial charge in [0.2, 0.25) is 11.8 Å². The number of ether oxygens (including phenoxy) is 1. The summed E-state index contributed by atoms with van der Waals surface area (Å²) in [6.45, 7) is 1.29. The number of carbonyl (C=O) groups is 5. The van der Waals surface area contributed by atoms with Gasteiger partial charge in [-0.1, -0.05) is 25.0 Å². The zero-order valence-corrected chi connectivity index (χ0v) is 16.5. The zero-order valence-electron chi connectivity index (χ0n) is 16.5. The number of esters is 1. The third kappa shape index (κ3) is 5.02. The second kappa shape index (κ2) is 9.19. The largest absolute Gasteiger partial charge is 0.452 e. The molecule has 0 unspecified atom stereocenters. The standard InChI is InChI=1S/C20H27N3O6/c1-12(17(25)22-20(28)21-13-6-2-3-7-13)29-16(24)10-11-23-18(26)14-8-4-5-9-15(14)19(23)27/h4-5,12-15H,2-3,6-11H2,1H3,(H2,21,22,25,28)/t12-,14-,15-/m0/s1. The Hall–Kier alpha value is -2.71. The lowest BCUT2D eigenvalue weighted by atomic mass is 9.85. The molecule has 1 heterocycles. The van der Waals surface area contributed by atoms with Crippen molar-refractivity contribution >= 4 is 29.7 Å². The maximum absolute atomic E-state index is 12.4. The van der Waals surface area contributed by atoms with Crippen molar-refractivity contribution in [2.45, 2.75) is 64.0 Å². The van der Waals surface area contributed by atoms with Gasteiger partial charge in [-0.2, -0.15) is 0 Å². The molecule has 2 N–H and O–H groups in total. The number of nitrogens with one attached hydrogen (secondary N) is 2. The van der Waals surface area contributed by atoms with E-state index in [1.165, 1.54) is 6.92 Å². The summed E-state index contributed by atoms with van der Waals surface area (Å²) in [5, 5.41) is 4.88. The molecule has 9 heteroatoms. The Morgan fingerprint density at radius 2 is 1.69 bits per heavy atom. The van der Waals surface area contributed by atoms with Gasteiger partial charge in [0.1, 0.15) is 0 Å². The third-order valence-electron chi connectivity index (χ3n) is 5.74. The molecule has 1 saturated heterocycles. The van der Waals surface area contributed by atoms with Crippen molar-refractivity contribution in [3.8, 4) is 0 Å². The fourth-order valence-corrected chi connectivity index (χ4v) is 4.11. The minimum absolute atomic E-state index is 0.0649. The van der Waals surface area contributed by atoms with Crippen LogP contribution in [0.4, 0.5) is 4.79 Å². The van der Waals surface area contributed by atoms with Crippen LogP contribution in [0.5, 0.6) is 0 Å². The van der Waals surface area contributed by atoms with Gasteiger partial charge in [0.05, 0.1) is 18.3 Å². The predicted octanol–water partition coefficient (Wildman–Crippen LogP) is 1.03. The highest BCUT2D eigenvalue weighted by Crippen LogP contribution is 2.35. The first kappa shape index (κ1) is 21.0. The predicted molar refractivity (Wildman–Crippen MR) is 101 cm³/mol. The molecule has 3 aliphatic rings. The van der Waals surface area contributed by atoms with Crippen LogP contribution in [0.2, 0.25) is 0 Å². The first-order valence-electron chi connectivity index (χ1n) is 10.2. The van der Waals surface area contributed by atoms with E-state index in [0.717, 1.165) is 30.6 Å². The van der Waals surface area contributed by atoms with Crippen LogP contribution < -0.4 is 10.6 Å². The SMILES string of the molecule is C[C@H](OC(=O)CCN1C(=O)[C@H]2CC=CC[C@@H]2C1=O)C(=O)NC(=O)NC1CCCC1. The summed E-state index contributed by atoms with van der Waals surface area (Å²) in [6, 6.07) is -0.538. The molecule has 1 saturated carbocycles. The summed E-state index contributed by atoms with van der Waals surface area (Å²) in [5.41, 5.74) is 0. The molecule has 2 fully saturated rings. The Labute approximate surface area is 169 Å². The molecule has 3 atom stereocenters. The highest BCUT2D eigenvalue weighted by Gasteiger charge is 2.47. The number of likely N-dealkylation sites (tertiary alicyclic amines) is 1. The number of imide groups is 2. The number of carbonyl (C=O) groups excluding carboxylic acids is 5. The lowest BCUT2D eigenvalue weighted by Gasteiger charge is -2.17. The third-order valence-corrected chi connectivity index (χ3v) is 5.74. The van der Waals surface area contributed by atoms with E-state index in [-0.39, 0.29) is 42.7 Å². The number of nitrogens with zero attached hydrogens (tertiary/aromatic N) is 1. The quantitative estimate of drug-likeness (QED) is 0.387. The highest BCUT2D eigenvalue weighted by molar-refractivity contribution is 6.05. The van der Waals surface area contributed by atoms with Crippen molar-refractivity contribution in [3.05, 3.63) is 12.2 Å². The number of amides is 5. The Balaban J connectivity index is 1.40. The van der Waals surface area contributed by atoms with Crippen LogP contribution in [0.1, 0.15) is 51.9 Å². The van der Waals surface area contributed by atoms with E-state index in [4.69, 9.17) is 4.74 Å². The molecule has 0 bridgehead atoms. The van der Waals surface area contributed by atoms with Crippen LogP contribution >= 0.6 is 0 Å². The van der Waals surface area contributed by atoms with Crippen molar-refractivity contribution < 1.29 is 28.7 Å². The Morgan fingerprint density at radius 3 is 2.28 bits per heavy atom. The van der Waals surface area contributed by atoms with Gasteiger partial charge in [-0.3, -0.25) is 29.4 Å². The molecule has 0 aromatic carbocycles. The smallest absolute Gasteiger partial charge is 0.321 e. The lowest BCUT2D eigenvalue weighted by molar-refractivity contribution is -0.155. The fraction of sp³-hybridized carbons (Fsp3) is 0.650. The van der Waals surface area contributed by atoms with Crippen LogP contribution in [0.25, 0.3) is 0 Å². The first-order chi connectivity index (χ1) is 13.9. The number of hydrogen-bond donors (Lipinski definition) is 2. The van der Waals surface area contributed by atoms with Gasteiger partial charge in [0.25, 0.3) is 5.91 Å². The maximum Gasteiger partial charge on any atom is 0.321 e. The van der Waals surface area contributed by atoms with Gasteiger partial charge in [-0.15, -0.1) is 0 Å². The van der Waals surface area contributed by atoms with Crippen LogP contribution in [-0.4, -0.2) is 53.3 Å². The van der Waals surface area contributed by atoms with Crippen LogP contribution in [0.15, 0.2) is 12.2 Å². The van der Waals surface area contributed by atoms with Gasteiger partial charge < -0.3 is 10.1 Å². The van der Waals surface area contributed by atoms with Gasteiger partial charge in [-0.25, -0.2) is 4.79 Å². The second-order valence-corrected chi connectivity index (χ2v) is 7.81. The number of allylic oxidation sites excluding steroid dienone is 2. The van der Waals surface area contributed by atoms with Gasteiger partial charge in [0.15, 0.2) is 6.10 Å². The van der Waals surface area contributed by atoms with Crippen LogP contribution in [0, 0.1) is 11.8 Å². The summed E-state index contributed by atoms with van der Waals surface area (Å²) in [7, 11) is 0. The lowest BCUT2D eigenvalue weighted by Crippen LogP contribution is -2.47. The van der Waals surface area contributed by atoms with E-state index >= 15 is 0 Å². The summed E-state index contributed by atoms with van der Waals surface area (Å²) in [6.07, 6.45) is 7.38. The summed E-state index contributed by atoms with van der Waals surface area (Å²) in [4.78, 5) is 61.7. The zero-order chi connectivity index (χ0) is 21.0. The molecule has 5 amide bonds. The molecular weight excluding hydrogens is 378 g/mol. The first-order valence-corrected chi connectivity index (χ1v) is 10.2. The highest BCUT2D eigenvalue weighted by atomic mass is 16.5. The van der Waals surface area contributed by atoms with Crippen molar-refractivity contribution in [1.29, 1.82) is 0 Å². The van der Waals surface area contributed by atoms with E-state index in [2.05, 4.69) is 10.6 Å². The van der Waals surface area contributed by atoms with Crippen molar-refractivity contribution in [2.24, 2.45) is 11.8 Å². The minimum Gasteiger partial charge on any atom is -0.452 e. The molecule has 1 aliphatic heterocycles. The average Bonchev–Trinajstić information content (AvgIpc) is 3.27. The summed E-state index contributed by atoms with van der Waals surface area (Å²) in [5.74, 6) is -2.63. The number of rotatable bonds is 6. The van der Waals surface area contributed by atoms with Crippen LogP contribution in [-0.2, 0) is 23.9 Å². The Morgan fingerprint density at radius 1 is 1.10 bits per heavy atom. The van der Waals surface area contributed by atoms with E-state index in [0.29, 0.717) is 12.8 Å². The molecule has 3 rings (SSSR count). The van der Waals surface area contributed by atoms with E-state index < -0.39 is 24.0 Å². The Kier molecular flexibility index (Phi) is 6.66. The molecule has 2 aliphatic carbocycles. The van der Waals surface area contributed by atoms with Crippen molar-refractivity contribution in [1.82, 2.24) is 15.5 Å². The molecule has 0 radical (unpaired) electrons. The summed E-state index contributed by atoms with van der Waals surface area (Å²) < 4.78 is 5.04. The maximum atomic E-state index is 12.4. The number of hydrogen-bond acceptors (Lipinski definition) is 6. The van der Waals surface area contributed by atoms with E-state index in [1.807, 2.05) is 12.2 Å².